The molecule has 1 saturated heterocycles. The lowest BCUT2D eigenvalue weighted by Crippen LogP contribution is -2.48. The van der Waals surface area contributed by atoms with Crippen molar-refractivity contribution in [1.82, 2.24) is 16.2 Å². The summed E-state index contributed by atoms with van der Waals surface area (Å²) >= 11 is 5.10. The number of ether oxygens (including phenoxy) is 1. The second-order valence-corrected chi connectivity index (χ2v) is 5.94. The average Bonchev–Trinajstić information content (AvgIpc) is 3.00. The molecule has 1 fully saturated rings. The zero-order valence-corrected chi connectivity index (χ0v) is 13.9. The third-order valence-corrected chi connectivity index (χ3v) is 3.83. The number of hydrogen-bond acceptors (Lipinski definition) is 3. The molecule has 0 saturated carbocycles. The van der Waals surface area contributed by atoms with E-state index in [-0.39, 0.29) is 12.0 Å². The van der Waals surface area contributed by atoms with E-state index >= 15 is 0 Å². The van der Waals surface area contributed by atoms with Crippen LogP contribution in [-0.4, -0.2) is 30.3 Å². The summed E-state index contributed by atoms with van der Waals surface area (Å²) in [4.78, 5) is 11.6. The number of carbonyl (C=O) groups excluding carboxylic acids is 1. The van der Waals surface area contributed by atoms with Crippen LogP contribution in [0.15, 0.2) is 0 Å². The van der Waals surface area contributed by atoms with Gasteiger partial charge < -0.3 is 10.1 Å². The van der Waals surface area contributed by atoms with Crippen molar-refractivity contribution in [3.05, 3.63) is 0 Å². The van der Waals surface area contributed by atoms with Crippen LogP contribution in [0.2, 0.25) is 0 Å². The Kier molecular flexibility index (Phi) is 10.2. The minimum Gasteiger partial charge on any atom is -0.376 e. The van der Waals surface area contributed by atoms with Crippen molar-refractivity contribution in [2.75, 3.05) is 13.2 Å². The summed E-state index contributed by atoms with van der Waals surface area (Å²) in [6.45, 7) is 3.73. The van der Waals surface area contributed by atoms with E-state index in [9.17, 15) is 4.79 Å². The van der Waals surface area contributed by atoms with Gasteiger partial charge in [0.25, 0.3) is 0 Å². The highest BCUT2D eigenvalue weighted by molar-refractivity contribution is 7.80. The predicted octanol–water partition coefficient (Wildman–Crippen LogP) is 2.41. The minimum atomic E-state index is -0.00763. The van der Waals surface area contributed by atoms with Crippen LogP contribution in [0.4, 0.5) is 0 Å². The molecule has 0 aliphatic carbocycles. The third-order valence-electron chi connectivity index (χ3n) is 3.59. The number of unbranched alkanes of at least 4 members (excludes halogenated alkanes) is 5. The van der Waals surface area contributed by atoms with E-state index in [1.807, 2.05) is 0 Å². The van der Waals surface area contributed by atoms with Crippen LogP contribution < -0.4 is 16.2 Å². The molecule has 3 N–H and O–H groups in total. The normalized spacial score (nSPS) is 17.5. The summed E-state index contributed by atoms with van der Waals surface area (Å²) in [5, 5.41) is 3.50. The molecule has 0 unspecified atom stereocenters. The number of carbonyl (C=O) groups is 1. The van der Waals surface area contributed by atoms with E-state index < -0.39 is 0 Å². The molecule has 0 aromatic carbocycles. The summed E-state index contributed by atoms with van der Waals surface area (Å²) in [5.41, 5.74) is 5.36. The molecule has 1 aliphatic rings. The Labute approximate surface area is 133 Å². The van der Waals surface area contributed by atoms with Gasteiger partial charge in [-0.15, -0.1) is 0 Å². The first kappa shape index (κ1) is 18.2. The minimum absolute atomic E-state index is 0.00763. The van der Waals surface area contributed by atoms with Crippen molar-refractivity contribution in [2.45, 2.75) is 70.8 Å². The molecule has 5 nitrogen and oxygen atoms in total. The van der Waals surface area contributed by atoms with E-state index in [1.165, 1.54) is 25.7 Å². The fourth-order valence-electron chi connectivity index (χ4n) is 2.31. The van der Waals surface area contributed by atoms with E-state index in [0.717, 1.165) is 32.3 Å². The summed E-state index contributed by atoms with van der Waals surface area (Å²) in [6, 6.07) is 0. The number of nitrogens with one attached hydrogen (secondary N) is 3. The molecule has 21 heavy (non-hydrogen) atoms. The monoisotopic (exact) mass is 315 g/mol. The topological polar surface area (TPSA) is 62.4 Å². The molecule has 1 amide bonds. The van der Waals surface area contributed by atoms with Crippen molar-refractivity contribution >= 4 is 23.2 Å². The Morgan fingerprint density at radius 3 is 2.67 bits per heavy atom. The van der Waals surface area contributed by atoms with Crippen LogP contribution in [0, 0.1) is 0 Å². The molecule has 1 aliphatic heterocycles. The summed E-state index contributed by atoms with van der Waals surface area (Å²) in [5.74, 6) is -0.00763. The Balaban J connectivity index is 1.92. The second-order valence-electron chi connectivity index (χ2n) is 5.54. The lowest BCUT2D eigenvalue weighted by molar-refractivity contribution is -0.121. The predicted molar refractivity (Wildman–Crippen MR) is 88.8 cm³/mol. The molecule has 0 spiro atoms. The first-order chi connectivity index (χ1) is 10.2. The summed E-state index contributed by atoms with van der Waals surface area (Å²) in [7, 11) is 0. The van der Waals surface area contributed by atoms with E-state index in [1.54, 1.807) is 0 Å². The Morgan fingerprint density at radius 1 is 1.19 bits per heavy atom. The average molecular weight is 315 g/mol. The highest BCUT2D eigenvalue weighted by atomic mass is 32.1. The van der Waals surface area contributed by atoms with Crippen molar-refractivity contribution in [2.24, 2.45) is 0 Å². The van der Waals surface area contributed by atoms with Gasteiger partial charge in [-0.25, -0.2) is 0 Å². The number of rotatable bonds is 9. The van der Waals surface area contributed by atoms with Crippen molar-refractivity contribution in [1.29, 1.82) is 0 Å². The fraction of sp³-hybridized carbons (Fsp3) is 0.867. The fourth-order valence-corrected chi connectivity index (χ4v) is 2.45. The van der Waals surface area contributed by atoms with Gasteiger partial charge in [-0.1, -0.05) is 39.0 Å². The maximum Gasteiger partial charge on any atom is 0.238 e. The van der Waals surface area contributed by atoms with E-state index in [4.69, 9.17) is 17.0 Å². The van der Waals surface area contributed by atoms with Crippen LogP contribution in [-0.2, 0) is 9.53 Å². The lowest BCUT2D eigenvalue weighted by atomic mass is 10.1. The second kappa shape index (κ2) is 11.7. The molecule has 0 aromatic heterocycles. The highest BCUT2D eigenvalue weighted by Gasteiger charge is 2.15. The van der Waals surface area contributed by atoms with Crippen LogP contribution in [0.1, 0.15) is 64.7 Å². The lowest BCUT2D eigenvalue weighted by Gasteiger charge is -2.14. The SMILES string of the molecule is CCCCCCCCC(=O)NNC(=S)NC[C@@H]1CCCO1. The molecule has 1 rings (SSSR count). The first-order valence-electron chi connectivity index (χ1n) is 8.16. The standard InChI is InChI=1S/C15H29N3O2S/c1-2-3-4-5-6-7-10-14(19)17-18-15(21)16-12-13-9-8-11-20-13/h13H,2-12H2,1H3,(H,17,19)(H2,16,18,21)/t13-/m0/s1. The van der Waals surface area contributed by atoms with Gasteiger partial charge in [0, 0.05) is 19.6 Å². The molecule has 1 heterocycles. The third kappa shape index (κ3) is 9.63. The first-order valence-corrected chi connectivity index (χ1v) is 8.57. The number of thiocarbonyl (C=S) groups is 1. The molecular weight excluding hydrogens is 286 g/mol. The van der Waals surface area contributed by atoms with E-state index in [0.29, 0.717) is 18.1 Å². The van der Waals surface area contributed by atoms with Gasteiger partial charge in [-0.3, -0.25) is 15.6 Å². The molecule has 0 bridgehead atoms. The molecule has 1 atom stereocenters. The van der Waals surface area contributed by atoms with Gasteiger partial charge in [0.1, 0.15) is 0 Å². The molecular formula is C15H29N3O2S. The maximum atomic E-state index is 11.6. The van der Waals surface area contributed by atoms with Gasteiger partial charge >= 0.3 is 0 Å². The Bertz CT molecular complexity index is 307. The van der Waals surface area contributed by atoms with E-state index in [2.05, 4.69) is 23.1 Å². The molecule has 6 heteroatoms. The van der Waals surface area contributed by atoms with Crippen molar-refractivity contribution in [3.8, 4) is 0 Å². The van der Waals surface area contributed by atoms with Crippen molar-refractivity contribution in [3.63, 3.8) is 0 Å². The number of hydrazine groups is 1. The zero-order valence-electron chi connectivity index (χ0n) is 13.1. The summed E-state index contributed by atoms with van der Waals surface area (Å²) in [6.07, 6.45) is 10.1. The largest absolute Gasteiger partial charge is 0.376 e. The van der Waals surface area contributed by atoms with Crippen LogP contribution in [0.5, 0.6) is 0 Å². The van der Waals surface area contributed by atoms with Gasteiger partial charge in [0.2, 0.25) is 5.91 Å². The van der Waals surface area contributed by atoms with Crippen LogP contribution in [0.25, 0.3) is 0 Å². The van der Waals surface area contributed by atoms with Gasteiger partial charge in [0.15, 0.2) is 5.11 Å². The smallest absolute Gasteiger partial charge is 0.238 e. The Morgan fingerprint density at radius 2 is 1.95 bits per heavy atom. The zero-order chi connectivity index (χ0) is 15.3. The quantitative estimate of drug-likeness (QED) is 0.346. The molecule has 0 aromatic rings. The highest BCUT2D eigenvalue weighted by Crippen LogP contribution is 2.10. The van der Waals surface area contributed by atoms with Gasteiger partial charge in [-0.05, 0) is 31.5 Å². The maximum absolute atomic E-state index is 11.6. The molecule has 0 radical (unpaired) electrons. The van der Waals surface area contributed by atoms with Gasteiger partial charge in [0.05, 0.1) is 6.10 Å². The van der Waals surface area contributed by atoms with Crippen LogP contribution >= 0.6 is 12.2 Å². The van der Waals surface area contributed by atoms with Gasteiger partial charge in [-0.2, -0.15) is 0 Å². The molecule has 122 valence electrons. The van der Waals surface area contributed by atoms with Crippen molar-refractivity contribution < 1.29 is 9.53 Å². The Hall–Kier alpha value is -0.880. The number of amides is 1. The summed E-state index contributed by atoms with van der Waals surface area (Å²) < 4.78 is 5.49. The van der Waals surface area contributed by atoms with Crippen LogP contribution in [0.3, 0.4) is 0 Å². The number of hydrogen-bond donors (Lipinski definition) is 3.